The summed E-state index contributed by atoms with van der Waals surface area (Å²) in [6, 6.07) is 114. The van der Waals surface area contributed by atoms with Crippen molar-refractivity contribution in [1.29, 1.82) is 0 Å². The van der Waals surface area contributed by atoms with E-state index in [0.29, 0.717) is 0 Å². The van der Waals surface area contributed by atoms with Gasteiger partial charge >= 0.3 is 0 Å². The molecule has 0 spiro atoms. The predicted molar refractivity (Wildman–Crippen MR) is 458 cm³/mol. The molecule has 0 aliphatic heterocycles. The lowest BCUT2D eigenvalue weighted by atomic mass is 9.82. The van der Waals surface area contributed by atoms with Gasteiger partial charge in [0.25, 0.3) is 0 Å². The number of H-pyrrole nitrogens is 4. The summed E-state index contributed by atoms with van der Waals surface area (Å²) in [6.07, 6.45) is 0. The zero-order valence-corrected chi connectivity index (χ0v) is 59.8. The molecule has 6 aromatic heterocycles. The van der Waals surface area contributed by atoms with Gasteiger partial charge in [-0.15, -0.1) is 0 Å². The molecule has 0 atom stereocenters. The lowest BCUT2D eigenvalue weighted by molar-refractivity contribution is 0.661. The van der Waals surface area contributed by atoms with Gasteiger partial charge in [0, 0.05) is 125 Å². The number of benzene rings is 18. The standard InChI is InChI=1S/2C26H15NO.2C25H19N/c1-2-7-17-12-24-21(11-16(17)6-1)22-13-23-20(14-25(22)28-24)19-10-9-15-5-3-4-8-18(15)26(19)27-23;1-2-7-17-12-23-20(11-16(17)6-1)21-14-25-22(13-24(21)27-23)19-10-9-15-5-3-4-8-18(15)26(19)28-25;1-25(2)20-10-6-5-9-17(20)18-13-19-23(14-21(18)25)26-22-12-11-15-7-3-4-8-16(15)24(19)22;1-25(2)21-10-6-5-9-17(21)19-13-20-18-12-11-15-7-3-4-8-16(15)24(18)26-23(20)14-22(19)25/h2*1-14,27H;2*3-14,26H,1-2H3. The highest BCUT2D eigenvalue weighted by molar-refractivity contribution is 6.25. The second-order valence-corrected chi connectivity index (χ2v) is 31.0. The first kappa shape index (κ1) is 60.7. The minimum absolute atomic E-state index is 0.0411. The Kier molecular flexibility index (Phi) is 12.6. The SMILES string of the molecule is CC1(C)c2ccccc2-c2cc3c(cc21)[nH]c1c2ccccc2ccc31.CC1(C)c2ccccc2-c2cc3c(cc21)[nH]c1ccc2ccccc2c13.c1ccc2cc3c(cc2c1)[nH]c1cc2c(cc13)oc1c3ccccc3ccc21.c1ccc2cc3c(cc2c1)oc1cc2c(cc13)[nH]c1c3ccccc3ccc21. The zero-order valence-electron chi connectivity index (χ0n) is 59.8. The van der Waals surface area contributed by atoms with E-state index < -0.39 is 0 Å². The van der Waals surface area contributed by atoms with Gasteiger partial charge in [-0.3, -0.25) is 0 Å². The van der Waals surface area contributed by atoms with Crippen molar-refractivity contribution in [2.24, 2.45) is 0 Å². The average Bonchev–Trinajstić information content (AvgIpc) is 1.57. The van der Waals surface area contributed by atoms with E-state index in [4.69, 9.17) is 8.83 Å². The van der Waals surface area contributed by atoms with E-state index in [-0.39, 0.29) is 10.8 Å². The molecule has 18 aromatic carbocycles. The molecule has 0 saturated carbocycles. The van der Waals surface area contributed by atoms with E-state index in [9.17, 15) is 0 Å². The maximum Gasteiger partial charge on any atom is 0.143 e. The Hall–Kier alpha value is -13.7. The summed E-state index contributed by atoms with van der Waals surface area (Å²) in [6.45, 7) is 9.34. The highest BCUT2D eigenvalue weighted by Gasteiger charge is 2.37. The Morgan fingerprint density at radius 1 is 0.204 bits per heavy atom. The van der Waals surface area contributed by atoms with Gasteiger partial charge in [0.15, 0.2) is 0 Å². The second-order valence-electron chi connectivity index (χ2n) is 31.0. The van der Waals surface area contributed by atoms with Crippen LogP contribution in [0.3, 0.4) is 0 Å². The van der Waals surface area contributed by atoms with Gasteiger partial charge in [0.2, 0.25) is 0 Å². The number of aromatic amines is 4. The van der Waals surface area contributed by atoms with Crippen molar-refractivity contribution in [3.63, 3.8) is 0 Å². The van der Waals surface area contributed by atoms with Crippen molar-refractivity contribution >= 4 is 196 Å². The Morgan fingerprint density at radius 2 is 0.574 bits per heavy atom. The monoisotopic (exact) mass is 1380 g/mol. The summed E-state index contributed by atoms with van der Waals surface area (Å²) >= 11 is 0. The van der Waals surface area contributed by atoms with E-state index in [1.165, 1.54) is 185 Å². The Labute approximate surface area is 619 Å². The first-order valence-corrected chi connectivity index (χ1v) is 37.5. The normalized spacial score (nSPS) is 13.5. The minimum Gasteiger partial charge on any atom is -0.456 e. The van der Waals surface area contributed by atoms with Gasteiger partial charge < -0.3 is 28.8 Å². The van der Waals surface area contributed by atoms with E-state index in [1.54, 1.807) is 0 Å². The lowest BCUT2D eigenvalue weighted by Crippen LogP contribution is -2.14. The van der Waals surface area contributed by atoms with Crippen molar-refractivity contribution in [3.8, 4) is 22.3 Å². The third-order valence-corrected chi connectivity index (χ3v) is 24.3. The maximum atomic E-state index is 6.37. The maximum absolute atomic E-state index is 6.37. The molecule has 0 amide bonds. The molecule has 0 unspecified atom stereocenters. The molecule has 6 heterocycles. The highest BCUT2D eigenvalue weighted by Crippen LogP contribution is 2.53. The molecule has 2 aliphatic carbocycles. The van der Waals surface area contributed by atoms with Crippen LogP contribution in [0, 0.1) is 0 Å². The molecule has 6 heteroatoms. The van der Waals surface area contributed by atoms with Crippen LogP contribution in [0.15, 0.2) is 324 Å². The first-order valence-electron chi connectivity index (χ1n) is 37.5. The van der Waals surface area contributed by atoms with Gasteiger partial charge in [0.05, 0.1) is 11.0 Å². The van der Waals surface area contributed by atoms with Crippen molar-refractivity contribution < 1.29 is 8.83 Å². The van der Waals surface area contributed by atoms with Gasteiger partial charge in [-0.2, -0.15) is 0 Å². The van der Waals surface area contributed by atoms with Crippen LogP contribution >= 0.6 is 0 Å². The molecular formula is C102H68N4O2. The summed E-state index contributed by atoms with van der Waals surface area (Å²) in [7, 11) is 0. The molecule has 0 radical (unpaired) electrons. The number of hydrogen-bond donors (Lipinski definition) is 4. The van der Waals surface area contributed by atoms with Crippen molar-refractivity contribution in [1.82, 2.24) is 19.9 Å². The quantitative estimate of drug-likeness (QED) is 0.122. The number of rotatable bonds is 0. The molecule has 108 heavy (non-hydrogen) atoms. The van der Waals surface area contributed by atoms with Crippen molar-refractivity contribution in [2.45, 2.75) is 38.5 Å². The fourth-order valence-electron chi connectivity index (χ4n) is 18.9. The fraction of sp³-hybridized carbons (Fsp3) is 0.0588. The molecule has 0 fully saturated rings. The van der Waals surface area contributed by atoms with Crippen LogP contribution in [0.4, 0.5) is 0 Å². The number of hydrogen-bond acceptors (Lipinski definition) is 2. The topological polar surface area (TPSA) is 89.4 Å². The third kappa shape index (κ3) is 8.89. The van der Waals surface area contributed by atoms with Crippen molar-refractivity contribution in [2.75, 3.05) is 0 Å². The molecule has 24 aromatic rings. The summed E-state index contributed by atoms with van der Waals surface area (Å²) in [5.74, 6) is 0. The molecule has 508 valence electrons. The van der Waals surface area contributed by atoms with Crippen LogP contribution in [0.2, 0.25) is 0 Å². The average molecular weight is 1380 g/mol. The van der Waals surface area contributed by atoms with Gasteiger partial charge in [-0.1, -0.05) is 258 Å². The zero-order chi connectivity index (χ0) is 71.4. The predicted octanol–water partition coefficient (Wildman–Crippen LogP) is 28.6. The largest absolute Gasteiger partial charge is 0.456 e. The molecule has 0 saturated heterocycles. The number of aromatic nitrogens is 4. The van der Waals surface area contributed by atoms with E-state index in [0.717, 1.165) is 55.0 Å². The third-order valence-electron chi connectivity index (χ3n) is 24.3. The molecule has 26 rings (SSSR count). The molecule has 2 aliphatic rings. The Balaban J connectivity index is 0.0000000870. The summed E-state index contributed by atoms with van der Waals surface area (Å²) < 4.78 is 12.6. The van der Waals surface area contributed by atoms with Crippen molar-refractivity contribution in [3.05, 3.63) is 338 Å². The van der Waals surface area contributed by atoms with Crippen LogP contribution in [-0.4, -0.2) is 19.9 Å². The summed E-state index contributed by atoms with van der Waals surface area (Å²) in [5.41, 5.74) is 24.7. The summed E-state index contributed by atoms with van der Waals surface area (Å²) in [5, 5.41) is 29.8. The number of furan rings is 2. The molecule has 6 nitrogen and oxygen atoms in total. The molecular weight excluding hydrogens is 1310 g/mol. The number of nitrogens with one attached hydrogen (secondary N) is 4. The van der Waals surface area contributed by atoms with Crippen LogP contribution < -0.4 is 0 Å². The Morgan fingerprint density at radius 3 is 1.19 bits per heavy atom. The van der Waals surface area contributed by atoms with Crippen LogP contribution in [-0.2, 0) is 10.8 Å². The molecule has 0 bridgehead atoms. The molecule has 4 N–H and O–H groups in total. The summed E-state index contributed by atoms with van der Waals surface area (Å²) in [4.78, 5) is 14.7. The second kappa shape index (κ2) is 22.4. The lowest BCUT2D eigenvalue weighted by Gasteiger charge is -2.21. The van der Waals surface area contributed by atoms with Gasteiger partial charge in [-0.25, -0.2) is 0 Å². The smallest absolute Gasteiger partial charge is 0.143 e. The van der Waals surface area contributed by atoms with E-state index in [1.807, 2.05) is 0 Å². The first-order chi connectivity index (χ1) is 53.0. The number of fused-ring (bicyclic) bond motifs is 34. The van der Waals surface area contributed by atoms with Gasteiger partial charge in [-0.05, 0) is 178 Å². The highest BCUT2D eigenvalue weighted by atomic mass is 16.3. The van der Waals surface area contributed by atoms with Crippen LogP contribution in [0.1, 0.15) is 49.9 Å². The van der Waals surface area contributed by atoms with E-state index in [2.05, 4.69) is 363 Å². The van der Waals surface area contributed by atoms with Crippen LogP contribution in [0.25, 0.3) is 218 Å². The minimum atomic E-state index is 0.0411. The van der Waals surface area contributed by atoms with Crippen LogP contribution in [0.5, 0.6) is 0 Å². The fourth-order valence-corrected chi connectivity index (χ4v) is 18.9. The van der Waals surface area contributed by atoms with Gasteiger partial charge in [0.1, 0.15) is 22.3 Å². The Bertz CT molecular complexity index is 7730. The van der Waals surface area contributed by atoms with E-state index >= 15 is 0 Å².